The Morgan fingerprint density at radius 2 is 2.08 bits per heavy atom. The summed E-state index contributed by atoms with van der Waals surface area (Å²) in [5, 5.41) is 19.6. The molecule has 0 aliphatic rings. The monoisotopic (exact) mass is 354 g/mol. The van der Waals surface area contributed by atoms with Gasteiger partial charge in [-0.25, -0.2) is 4.68 Å². The van der Waals surface area contributed by atoms with Gasteiger partial charge in [-0.05, 0) is 35.2 Å². The van der Waals surface area contributed by atoms with Gasteiger partial charge in [0.15, 0.2) is 0 Å². The molecule has 1 amide bonds. The third-order valence-corrected chi connectivity index (χ3v) is 4.25. The lowest BCUT2D eigenvalue weighted by atomic mass is 10.2. The molecule has 0 atom stereocenters. The van der Waals surface area contributed by atoms with Gasteiger partial charge in [-0.3, -0.25) is 14.9 Å². The number of nitro benzene ring substituents is 1. The van der Waals surface area contributed by atoms with Gasteiger partial charge in [0.25, 0.3) is 5.69 Å². The minimum Gasteiger partial charge on any atom is -0.307 e. The summed E-state index contributed by atoms with van der Waals surface area (Å²) < 4.78 is 1.71. The minimum atomic E-state index is -0.463. The highest BCUT2D eigenvalue weighted by Crippen LogP contribution is 2.15. The number of hydrogen-bond donors (Lipinski definition) is 1. The molecule has 0 bridgehead atoms. The maximum atomic E-state index is 12.1. The van der Waals surface area contributed by atoms with E-state index in [9.17, 15) is 14.9 Å². The summed E-state index contributed by atoms with van der Waals surface area (Å²) in [4.78, 5) is 23.4. The number of thiophene rings is 1. The molecule has 0 saturated carbocycles. The number of hydrogen-bond acceptors (Lipinski definition) is 5. The summed E-state index contributed by atoms with van der Waals surface area (Å²) in [6.07, 6.45) is 4.60. The highest BCUT2D eigenvalue weighted by molar-refractivity contribution is 7.09. The third kappa shape index (κ3) is 4.39. The van der Waals surface area contributed by atoms with Crippen molar-refractivity contribution in [1.29, 1.82) is 0 Å². The van der Waals surface area contributed by atoms with Gasteiger partial charge in [-0.2, -0.15) is 5.10 Å². The van der Waals surface area contributed by atoms with Crippen molar-refractivity contribution in [3.8, 4) is 0 Å². The molecule has 3 aromatic rings. The van der Waals surface area contributed by atoms with Crippen LogP contribution in [0.4, 0.5) is 11.5 Å². The predicted octanol–water partition coefficient (Wildman–Crippen LogP) is 3.55. The molecular weight excluding hydrogens is 340 g/mol. The summed E-state index contributed by atoms with van der Waals surface area (Å²) in [5.41, 5.74) is 0.715. The number of amides is 1. The highest BCUT2D eigenvalue weighted by atomic mass is 32.1. The Labute approximate surface area is 147 Å². The van der Waals surface area contributed by atoms with Crippen LogP contribution < -0.4 is 5.32 Å². The van der Waals surface area contributed by atoms with Crippen molar-refractivity contribution in [2.24, 2.45) is 0 Å². The standard InChI is InChI=1S/C17H14N4O3S/c22-17(8-5-13-3-6-14(7-4-13)21(23)24)19-16-9-10-18-20(16)12-15-2-1-11-25-15/h1-11H,12H2,(H,19,22). The van der Waals surface area contributed by atoms with Crippen LogP contribution in [0.3, 0.4) is 0 Å². The fraction of sp³-hybridized carbons (Fsp3) is 0.0588. The lowest BCUT2D eigenvalue weighted by Crippen LogP contribution is -2.13. The lowest BCUT2D eigenvalue weighted by molar-refractivity contribution is -0.384. The molecule has 0 aliphatic carbocycles. The van der Waals surface area contributed by atoms with Crippen LogP contribution in [0.5, 0.6) is 0 Å². The van der Waals surface area contributed by atoms with E-state index in [2.05, 4.69) is 10.4 Å². The first kappa shape index (κ1) is 16.6. The Morgan fingerprint density at radius 3 is 2.76 bits per heavy atom. The fourth-order valence-electron chi connectivity index (χ4n) is 2.16. The summed E-state index contributed by atoms with van der Waals surface area (Å²) in [6.45, 7) is 0.590. The smallest absolute Gasteiger partial charge is 0.269 e. The number of carbonyl (C=O) groups is 1. The number of non-ortho nitro benzene ring substituents is 1. The van der Waals surface area contributed by atoms with Crippen molar-refractivity contribution in [2.45, 2.75) is 6.54 Å². The zero-order chi connectivity index (χ0) is 17.6. The number of rotatable bonds is 6. The van der Waals surface area contributed by atoms with Crippen molar-refractivity contribution >= 4 is 34.8 Å². The van der Waals surface area contributed by atoms with Crippen molar-refractivity contribution in [3.63, 3.8) is 0 Å². The van der Waals surface area contributed by atoms with Gasteiger partial charge >= 0.3 is 0 Å². The van der Waals surface area contributed by atoms with Gasteiger partial charge in [0.1, 0.15) is 5.82 Å². The summed E-state index contributed by atoms with van der Waals surface area (Å²) in [7, 11) is 0. The number of aromatic nitrogens is 2. The summed E-state index contributed by atoms with van der Waals surface area (Å²) in [6, 6.07) is 11.7. The van der Waals surface area contributed by atoms with E-state index in [0.717, 1.165) is 4.88 Å². The van der Waals surface area contributed by atoms with Gasteiger partial charge in [-0.15, -0.1) is 11.3 Å². The first-order valence-electron chi connectivity index (χ1n) is 7.39. The Kier molecular flexibility index (Phi) is 5.00. The predicted molar refractivity (Wildman–Crippen MR) is 96.4 cm³/mol. The van der Waals surface area contributed by atoms with Gasteiger partial charge in [0.05, 0.1) is 17.7 Å². The zero-order valence-corrected chi connectivity index (χ0v) is 13.8. The van der Waals surface area contributed by atoms with E-state index in [1.807, 2.05) is 17.5 Å². The second-order valence-corrected chi connectivity index (χ2v) is 6.16. The van der Waals surface area contributed by atoms with E-state index in [-0.39, 0.29) is 11.6 Å². The fourth-order valence-corrected chi connectivity index (χ4v) is 2.85. The van der Waals surface area contributed by atoms with E-state index in [0.29, 0.717) is 17.9 Å². The van der Waals surface area contributed by atoms with Crippen molar-refractivity contribution < 1.29 is 9.72 Å². The number of nitrogens with zero attached hydrogens (tertiary/aromatic N) is 3. The van der Waals surface area contributed by atoms with Crippen molar-refractivity contribution in [3.05, 3.63) is 80.7 Å². The Bertz CT molecular complexity index is 898. The van der Waals surface area contributed by atoms with Crippen LogP contribution in [0.15, 0.2) is 60.1 Å². The Hall–Kier alpha value is -3.26. The number of anilines is 1. The number of nitrogens with one attached hydrogen (secondary N) is 1. The van der Waals surface area contributed by atoms with E-state index in [1.54, 1.807) is 46.5 Å². The lowest BCUT2D eigenvalue weighted by Gasteiger charge is -2.06. The molecule has 126 valence electrons. The van der Waals surface area contributed by atoms with Gasteiger partial charge in [0.2, 0.25) is 5.91 Å². The molecule has 7 nitrogen and oxygen atoms in total. The SMILES string of the molecule is O=C(C=Cc1ccc([N+](=O)[O-])cc1)Nc1ccnn1Cc1cccs1. The molecule has 0 radical (unpaired) electrons. The summed E-state index contributed by atoms with van der Waals surface area (Å²) in [5.74, 6) is 0.304. The summed E-state index contributed by atoms with van der Waals surface area (Å²) >= 11 is 1.62. The molecule has 0 aliphatic heterocycles. The first-order valence-corrected chi connectivity index (χ1v) is 8.27. The van der Waals surface area contributed by atoms with Crippen LogP contribution >= 0.6 is 11.3 Å². The molecule has 1 N–H and O–H groups in total. The topological polar surface area (TPSA) is 90.1 Å². The van der Waals surface area contributed by atoms with Gasteiger partial charge in [-0.1, -0.05) is 6.07 Å². The van der Waals surface area contributed by atoms with E-state index in [1.165, 1.54) is 18.2 Å². The normalized spacial score (nSPS) is 10.9. The molecule has 0 spiro atoms. The number of benzene rings is 1. The molecule has 25 heavy (non-hydrogen) atoms. The Morgan fingerprint density at radius 1 is 1.28 bits per heavy atom. The third-order valence-electron chi connectivity index (χ3n) is 3.38. The average Bonchev–Trinajstić information content (AvgIpc) is 3.26. The molecule has 8 heteroatoms. The average molecular weight is 354 g/mol. The molecule has 2 aromatic heterocycles. The molecule has 1 aromatic carbocycles. The highest BCUT2D eigenvalue weighted by Gasteiger charge is 2.07. The Balaban J connectivity index is 1.63. The molecule has 0 unspecified atom stereocenters. The quantitative estimate of drug-likeness (QED) is 0.416. The van der Waals surface area contributed by atoms with Crippen LogP contribution in [-0.4, -0.2) is 20.6 Å². The molecule has 0 fully saturated rings. The number of nitro groups is 1. The maximum Gasteiger partial charge on any atom is 0.269 e. The van der Waals surface area contributed by atoms with Crippen molar-refractivity contribution in [1.82, 2.24) is 9.78 Å². The van der Waals surface area contributed by atoms with Crippen LogP contribution in [0.25, 0.3) is 6.08 Å². The molecular formula is C17H14N4O3S. The molecule has 2 heterocycles. The van der Waals surface area contributed by atoms with Crippen LogP contribution in [-0.2, 0) is 11.3 Å². The molecule has 0 saturated heterocycles. The largest absolute Gasteiger partial charge is 0.307 e. The molecule has 3 rings (SSSR count). The van der Waals surface area contributed by atoms with E-state index < -0.39 is 4.92 Å². The van der Waals surface area contributed by atoms with Crippen molar-refractivity contribution in [2.75, 3.05) is 5.32 Å². The number of carbonyl (C=O) groups excluding carboxylic acids is 1. The van der Waals surface area contributed by atoms with Crippen LogP contribution in [0.1, 0.15) is 10.4 Å². The van der Waals surface area contributed by atoms with E-state index in [4.69, 9.17) is 0 Å². The van der Waals surface area contributed by atoms with Crippen LogP contribution in [0, 0.1) is 10.1 Å². The minimum absolute atomic E-state index is 0.0130. The van der Waals surface area contributed by atoms with Gasteiger partial charge in [0, 0.05) is 29.2 Å². The van der Waals surface area contributed by atoms with E-state index >= 15 is 0 Å². The van der Waals surface area contributed by atoms with Gasteiger partial charge < -0.3 is 5.32 Å². The van der Waals surface area contributed by atoms with Crippen LogP contribution in [0.2, 0.25) is 0 Å². The second-order valence-electron chi connectivity index (χ2n) is 5.12. The zero-order valence-electron chi connectivity index (χ0n) is 13.0. The maximum absolute atomic E-state index is 12.1. The first-order chi connectivity index (χ1) is 12.1. The second kappa shape index (κ2) is 7.54.